The fourth-order valence-corrected chi connectivity index (χ4v) is 3.87. The normalized spacial score (nSPS) is 23.1. The molecule has 0 unspecified atom stereocenters. The number of nitrogens with zero attached hydrogens (tertiary/aromatic N) is 2. The Morgan fingerprint density at radius 1 is 1.29 bits per heavy atom. The van der Waals surface area contributed by atoms with Crippen molar-refractivity contribution in [3.63, 3.8) is 0 Å². The van der Waals surface area contributed by atoms with Gasteiger partial charge in [0.15, 0.2) is 6.61 Å². The third kappa shape index (κ3) is 3.57. The number of benzene rings is 1. The Morgan fingerprint density at radius 3 is 2.67 bits per heavy atom. The van der Waals surface area contributed by atoms with Crippen molar-refractivity contribution < 1.29 is 14.3 Å². The van der Waals surface area contributed by atoms with Crippen LogP contribution in [-0.4, -0.2) is 68.3 Å². The van der Waals surface area contributed by atoms with Crippen LogP contribution in [0.5, 0.6) is 5.75 Å². The molecule has 2 aliphatic heterocycles. The molecule has 1 spiro atoms. The van der Waals surface area contributed by atoms with E-state index in [4.69, 9.17) is 9.47 Å². The molecule has 2 heterocycles. The van der Waals surface area contributed by atoms with Gasteiger partial charge in [-0.25, -0.2) is 0 Å². The second-order valence-electron chi connectivity index (χ2n) is 7.31. The first-order valence-electron chi connectivity index (χ1n) is 8.70. The number of likely N-dealkylation sites (N-methyl/N-ethyl adjacent to an activating group) is 1. The van der Waals surface area contributed by atoms with Crippen molar-refractivity contribution in [3.8, 4) is 5.75 Å². The molecule has 3 rings (SSSR count). The van der Waals surface area contributed by atoms with Gasteiger partial charge < -0.3 is 14.4 Å². The number of likely N-dealkylation sites (tertiary alicyclic amines) is 2. The number of methoxy groups -OCH3 is 1. The van der Waals surface area contributed by atoms with Crippen molar-refractivity contribution in [2.24, 2.45) is 5.92 Å². The van der Waals surface area contributed by atoms with Gasteiger partial charge in [-0.1, -0.05) is 17.7 Å². The first-order chi connectivity index (χ1) is 11.5. The number of hydrogen-bond donors (Lipinski definition) is 0. The maximum atomic E-state index is 12.4. The van der Waals surface area contributed by atoms with Crippen molar-refractivity contribution in [1.82, 2.24) is 9.80 Å². The van der Waals surface area contributed by atoms with Crippen LogP contribution in [0.4, 0.5) is 0 Å². The molecule has 0 N–H and O–H groups in total. The lowest BCUT2D eigenvalue weighted by Gasteiger charge is -2.58. The Kier molecular flexibility index (Phi) is 5.11. The van der Waals surface area contributed by atoms with Crippen LogP contribution < -0.4 is 4.74 Å². The third-order valence-electron chi connectivity index (χ3n) is 5.46. The molecular formula is C19H28N2O3. The quantitative estimate of drug-likeness (QED) is 0.826. The minimum Gasteiger partial charge on any atom is -0.484 e. The summed E-state index contributed by atoms with van der Waals surface area (Å²) < 4.78 is 10.9. The highest BCUT2D eigenvalue weighted by atomic mass is 16.5. The summed E-state index contributed by atoms with van der Waals surface area (Å²) in [4.78, 5) is 16.7. The second kappa shape index (κ2) is 7.11. The van der Waals surface area contributed by atoms with Crippen molar-refractivity contribution in [1.29, 1.82) is 0 Å². The maximum absolute atomic E-state index is 12.4. The van der Waals surface area contributed by atoms with E-state index in [0.717, 1.165) is 38.4 Å². The van der Waals surface area contributed by atoms with E-state index in [2.05, 4.69) is 11.9 Å². The average molecular weight is 332 g/mol. The first kappa shape index (κ1) is 17.2. The molecule has 1 atom stereocenters. The molecule has 24 heavy (non-hydrogen) atoms. The number of hydrogen-bond acceptors (Lipinski definition) is 4. The Labute approximate surface area is 144 Å². The molecule has 2 fully saturated rings. The van der Waals surface area contributed by atoms with E-state index in [-0.39, 0.29) is 18.1 Å². The first-order valence-corrected chi connectivity index (χ1v) is 8.70. The van der Waals surface area contributed by atoms with Gasteiger partial charge in [0, 0.05) is 26.8 Å². The van der Waals surface area contributed by atoms with E-state index >= 15 is 0 Å². The Balaban J connectivity index is 1.49. The monoisotopic (exact) mass is 332 g/mol. The molecule has 1 aromatic rings. The van der Waals surface area contributed by atoms with Crippen molar-refractivity contribution in [3.05, 3.63) is 29.8 Å². The van der Waals surface area contributed by atoms with Crippen molar-refractivity contribution in [2.45, 2.75) is 25.3 Å². The molecule has 0 aromatic heterocycles. The van der Waals surface area contributed by atoms with Gasteiger partial charge in [0.25, 0.3) is 5.91 Å². The number of amides is 1. The standard InChI is InChI=1S/C19H28N2O3/c1-15-4-6-17(7-5-15)24-12-18(22)21-13-19(14-21)10-16(11-23-3)8-9-20(19)2/h4-7,16H,8-14H2,1-3H3/t16-/m1/s1. The molecule has 132 valence electrons. The molecule has 0 aliphatic carbocycles. The van der Waals surface area contributed by atoms with Crippen molar-refractivity contribution in [2.75, 3.05) is 47.0 Å². The average Bonchev–Trinajstić information content (AvgIpc) is 2.54. The van der Waals surface area contributed by atoms with Gasteiger partial charge in [-0.2, -0.15) is 0 Å². The number of rotatable bonds is 5. The summed E-state index contributed by atoms with van der Waals surface area (Å²) in [6, 6.07) is 7.80. The molecule has 1 amide bonds. The lowest BCUT2D eigenvalue weighted by atomic mass is 9.75. The predicted molar refractivity (Wildman–Crippen MR) is 93.2 cm³/mol. The minimum atomic E-state index is 0.0727. The van der Waals surface area contributed by atoms with E-state index in [1.807, 2.05) is 36.1 Å². The molecular weight excluding hydrogens is 304 g/mol. The molecule has 5 nitrogen and oxygen atoms in total. The fraction of sp³-hybridized carbons (Fsp3) is 0.632. The molecule has 5 heteroatoms. The summed E-state index contributed by atoms with van der Waals surface area (Å²) in [6.45, 7) is 5.66. The topological polar surface area (TPSA) is 42.0 Å². The summed E-state index contributed by atoms with van der Waals surface area (Å²) >= 11 is 0. The summed E-state index contributed by atoms with van der Waals surface area (Å²) in [7, 11) is 3.94. The highest BCUT2D eigenvalue weighted by Gasteiger charge is 2.50. The number of piperidine rings is 1. The maximum Gasteiger partial charge on any atom is 0.260 e. The van der Waals surface area contributed by atoms with Crippen LogP contribution in [0.2, 0.25) is 0 Å². The van der Waals surface area contributed by atoms with Crippen LogP contribution in [0, 0.1) is 12.8 Å². The minimum absolute atomic E-state index is 0.0727. The van der Waals surface area contributed by atoms with Gasteiger partial charge >= 0.3 is 0 Å². The summed E-state index contributed by atoms with van der Waals surface area (Å²) in [5, 5.41) is 0. The Bertz CT molecular complexity index is 566. The van der Waals surface area contributed by atoms with Gasteiger partial charge in [0.2, 0.25) is 0 Å². The van der Waals surface area contributed by atoms with Crippen LogP contribution in [0.15, 0.2) is 24.3 Å². The van der Waals surface area contributed by atoms with Gasteiger partial charge in [-0.05, 0) is 51.4 Å². The third-order valence-corrected chi connectivity index (χ3v) is 5.46. The molecule has 2 aliphatic rings. The largest absolute Gasteiger partial charge is 0.484 e. The van der Waals surface area contributed by atoms with E-state index in [1.165, 1.54) is 12.0 Å². The lowest BCUT2D eigenvalue weighted by molar-refractivity contribution is -0.153. The van der Waals surface area contributed by atoms with Gasteiger partial charge in [0.05, 0.1) is 5.54 Å². The lowest BCUT2D eigenvalue weighted by Crippen LogP contribution is -2.73. The zero-order valence-electron chi connectivity index (χ0n) is 15.0. The van der Waals surface area contributed by atoms with Crippen LogP contribution in [0.1, 0.15) is 18.4 Å². The highest BCUT2D eigenvalue weighted by Crippen LogP contribution is 2.38. The van der Waals surface area contributed by atoms with Crippen LogP contribution in [0.3, 0.4) is 0 Å². The summed E-state index contributed by atoms with van der Waals surface area (Å²) in [5.41, 5.74) is 1.32. The second-order valence-corrected chi connectivity index (χ2v) is 7.31. The zero-order chi connectivity index (χ0) is 17.2. The van der Waals surface area contributed by atoms with E-state index in [0.29, 0.717) is 5.92 Å². The summed E-state index contributed by atoms with van der Waals surface area (Å²) in [5.74, 6) is 1.43. The number of aryl methyl sites for hydroxylation is 1. The van der Waals surface area contributed by atoms with Crippen LogP contribution >= 0.6 is 0 Å². The van der Waals surface area contributed by atoms with Gasteiger partial charge in [-0.3, -0.25) is 9.69 Å². The SMILES string of the molecule is COC[C@@H]1CCN(C)C2(C1)CN(C(=O)COc1ccc(C)cc1)C2. The van der Waals surface area contributed by atoms with E-state index in [1.54, 1.807) is 7.11 Å². The smallest absolute Gasteiger partial charge is 0.260 e. The number of ether oxygens (including phenoxy) is 2. The summed E-state index contributed by atoms with van der Waals surface area (Å²) in [6.07, 6.45) is 2.29. The molecule has 1 aromatic carbocycles. The van der Waals surface area contributed by atoms with E-state index < -0.39 is 0 Å². The van der Waals surface area contributed by atoms with Crippen molar-refractivity contribution >= 4 is 5.91 Å². The van der Waals surface area contributed by atoms with Crippen LogP contribution in [0.25, 0.3) is 0 Å². The van der Waals surface area contributed by atoms with Gasteiger partial charge in [-0.15, -0.1) is 0 Å². The van der Waals surface area contributed by atoms with Gasteiger partial charge in [0.1, 0.15) is 5.75 Å². The molecule has 2 saturated heterocycles. The predicted octanol–water partition coefficient (Wildman–Crippen LogP) is 1.94. The fourth-order valence-electron chi connectivity index (χ4n) is 3.87. The number of carbonyl (C=O) groups excluding carboxylic acids is 1. The molecule has 0 radical (unpaired) electrons. The Hall–Kier alpha value is -1.59. The number of carbonyl (C=O) groups is 1. The van der Waals surface area contributed by atoms with E-state index in [9.17, 15) is 4.79 Å². The zero-order valence-corrected chi connectivity index (χ0v) is 15.0. The Morgan fingerprint density at radius 2 is 2.00 bits per heavy atom. The van der Waals surface area contributed by atoms with Crippen LogP contribution in [-0.2, 0) is 9.53 Å². The molecule has 0 saturated carbocycles. The highest BCUT2D eigenvalue weighted by molar-refractivity contribution is 5.79. The molecule has 0 bridgehead atoms.